The van der Waals surface area contributed by atoms with Crippen LogP contribution in [0.5, 0.6) is 5.75 Å². The van der Waals surface area contributed by atoms with Crippen molar-refractivity contribution in [1.82, 2.24) is 24.5 Å². The summed E-state index contributed by atoms with van der Waals surface area (Å²) in [5.41, 5.74) is 10.5. The summed E-state index contributed by atoms with van der Waals surface area (Å²) in [4.78, 5) is 4.34. The lowest BCUT2D eigenvalue weighted by Gasteiger charge is -2.17. The number of hydrogen-bond donors (Lipinski definition) is 1. The maximum absolute atomic E-state index is 14.2. The van der Waals surface area contributed by atoms with Gasteiger partial charge in [0.05, 0.1) is 17.1 Å². The molecule has 0 unspecified atom stereocenters. The topological polar surface area (TPSA) is 83.8 Å². The van der Waals surface area contributed by atoms with Crippen LogP contribution < -0.4 is 10.5 Å². The summed E-state index contributed by atoms with van der Waals surface area (Å²) in [6, 6.07) is 7.33. The molecule has 1 aliphatic carbocycles. The molecule has 2 bridgehead atoms. The Morgan fingerprint density at radius 2 is 2.00 bits per heavy atom. The highest BCUT2D eigenvalue weighted by atomic mass is 19.3. The quantitative estimate of drug-likeness (QED) is 0.447. The molecule has 1 aromatic carbocycles. The van der Waals surface area contributed by atoms with E-state index in [1.165, 1.54) is 28.9 Å². The summed E-state index contributed by atoms with van der Waals surface area (Å²) in [6.45, 7) is 2.63. The number of benzene rings is 1. The summed E-state index contributed by atoms with van der Waals surface area (Å²) in [5.74, 6) is 0.654. The van der Waals surface area contributed by atoms with Crippen LogP contribution in [0.1, 0.15) is 47.5 Å². The van der Waals surface area contributed by atoms with E-state index in [1.54, 1.807) is 6.20 Å². The van der Waals surface area contributed by atoms with Gasteiger partial charge in [0.2, 0.25) is 0 Å². The molecule has 1 aliphatic heterocycles. The molecule has 4 heterocycles. The minimum Gasteiger partial charge on any atom is -0.485 e. The van der Waals surface area contributed by atoms with Crippen LogP contribution in [0.4, 0.5) is 19.0 Å². The Morgan fingerprint density at radius 1 is 1.17 bits per heavy atom. The third-order valence-electron chi connectivity index (χ3n) is 6.57. The molecule has 7 nitrogen and oxygen atoms in total. The number of hydrogen-bond acceptors (Lipinski definition) is 5. The van der Waals surface area contributed by atoms with Gasteiger partial charge in [0, 0.05) is 41.5 Å². The number of rotatable bonds is 3. The van der Waals surface area contributed by atoms with Crippen molar-refractivity contribution in [1.29, 1.82) is 0 Å². The molecule has 3 aromatic heterocycles. The number of nitrogen functional groups attached to an aromatic ring is 1. The van der Waals surface area contributed by atoms with Crippen molar-refractivity contribution in [3.8, 4) is 22.7 Å². The molecular weight excluding hydrogens is 457 g/mol. The van der Waals surface area contributed by atoms with Gasteiger partial charge < -0.3 is 10.5 Å². The van der Waals surface area contributed by atoms with Crippen molar-refractivity contribution in [3.63, 3.8) is 0 Å². The molecule has 2 aliphatic rings. The highest BCUT2D eigenvalue weighted by Crippen LogP contribution is 2.37. The van der Waals surface area contributed by atoms with Crippen LogP contribution in [0.15, 0.2) is 36.5 Å². The van der Waals surface area contributed by atoms with Crippen LogP contribution in [0.3, 0.4) is 0 Å². The standard InChI is InChI=1S/C25H23F3N6O/c1-13-19-8-18-9-20(24(27)28)32-34(18)21-5-4-17(26)6-16(21)12-35-22-7-15(10-30-25(22)29)23(19)33(31-13)11-14-2-3-14/h4-7,9-10,14,24H,2-3,8,11-12H2,1H3,(H2,29,30). The Balaban J connectivity index is 1.60. The molecule has 1 saturated carbocycles. The van der Waals surface area contributed by atoms with E-state index in [4.69, 9.17) is 15.6 Å². The van der Waals surface area contributed by atoms with Crippen LogP contribution >= 0.6 is 0 Å². The second kappa shape index (κ2) is 8.14. The number of fused-ring (bicyclic) bond motifs is 7. The predicted molar refractivity (Wildman–Crippen MR) is 123 cm³/mol. The number of aromatic nitrogens is 5. The molecule has 180 valence electrons. The largest absolute Gasteiger partial charge is 0.485 e. The van der Waals surface area contributed by atoms with Crippen molar-refractivity contribution >= 4 is 5.82 Å². The smallest absolute Gasteiger partial charge is 0.282 e. The minimum atomic E-state index is -2.75. The van der Waals surface area contributed by atoms with Crippen molar-refractivity contribution in [2.45, 2.75) is 45.8 Å². The first-order chi connectivity index (χ1) is 16.9. The first kappa shape index (κ1) is 21.7. The normalized spacial score (nSPS) is 15.0. The van der Waals surface area contributed by atoms with Gasteiger partial charge in [-0.15, -0.1) is 0 Å². The number of anilines is 1. The van der Waals surface area contributed by atoms with E-state index in [0.29, 0.717) is 35.0 Å². The lowest BCUT2D eigenvalue weighted by atomic mass is 10.0. The molecule has 6 rings (SSSR count). The Kier molecular flexibility index (Phi) is 5.05. The number of ether oxygens (including phenoxy) is 1. The summed E-state index contributed by atoms with van der Waals surface area (Å²) < 4.78 is 51.0. The van der Waals surface area contributed by atoms with Crippen LogP contribution in [0, 0.1) is 18.7 Å². The van der Waals surface area contributed by atoms with Gasteiger partial charge in [-0.1, -0.05) is 0 Å². The fourth-order valence-electron chi connectivity index (χ4n) is 4.63. The first-order valence-corrected chi connectivity index (χ1v) is 11.5. The van der Waals surface area contributed by atoms with E-state index in [-0.39, 0.29) is 18.1 Å². The molecule has 0 spiro atoms. The lowest BCUT2D eigenvalue weighted by Crippen LogP contribution is -2.11. The summed E-state index contributed by atoms with van der Waals surface area (Å²) >= 11 is 0. The Labute approximate surface area is 199 Å². The second-order valence-electron chi connectivity index (χ2n) is 9.16. The van der Waals surface area contributed by atoms with E-state index < -0.39 is 12.2 Å². The molecule has 10 heteroatoms. The number of alkyl halides is 2. The molecule has 0 saturated heterocycles. The Morgan fingerprint density at radius 3 is 2.77 bits per heavy atom. The second-order valence-corrected chi connectivity index (χ2v) is 9.16. The van der Waals surface area contributed by atoms with E-state index >= 15 is 0 Å². The zero-order chi connectivity index (χ0) is 24.3. The van der Waals surface area contributed by atoms with Crippen molar-refractivity contribution in [2.75, 3.05) is 5.73 Å². The molecule has 0 radical (unpaired) electrons. The average Bonchev–Trinajstić information content (AvgIpc) is 3.45. The molecule has 4 aromatic rings. The fraction of sp³-hybridized carbons (Fsp3) is 0.320. The van der Waals surface area contributed by atoms with Gasteiger partial charge in [-0.05, 0) is 56.0 Å². The molecule has 35 heavy (non-hydrogen) atoms. The van der Waals surface area contributed by atoms with Gasteiger partial charge in [0.15, 0.2) is 11.6 Å². The van der Waals surface area contributed by atoms with Gasteiger partial charge in [0.1, 0.15) is 18.1 Å². The number of halogens is 3. The first-order valence-electron chi connectivity index (χ1n) is 11.5. The van der Waals surface area contributed by atoms with Crippen molar-refractivity contribution < 1.29 is 17.9 Å². The maximum atomic E-state index is 14.2. The highest BCUT2D eigenvalue weighted by molar-refractivity contribution is 5.69. The summed E-state index contributed by atoms with van der Waals surface area (Å²) in [6.07, 6.45) is 1.54. The van der Waals surface area contributed by atoms with Gasteiger partial charge in [-0.3, -0.25) is 4.68 Å². The van der Waals surface area contributed by atoms with Crippen LogP contribution in [0.2, 0.25) is 0 Å². The van der Waals surface area contributed by atoms with Gasteiger partial charge in [0.25, 0.3) is 6.43 Å². The molecule has 1 fully saturated rings. The zero-order valence-electron chi connectivity index (χ0n) is 19.0. The van der Waals surface area contributed by atoms with E-state index in [9.17, 15) is 13.2 Å². The van der Waals surface area contributed by atoms with Gasteiger partial charge in [-0.2, -0.15) is 10.2 Å². The van der Waals surface area contributed by atoms with E-state index in [0.717, 1.165) is 41.9 Å². The SMILES string of the molecule is Cc1nn(CC2CC2)c2c1Cc1cc(C(F)F)nn1-c1ccc(F)cc1COc1cc-2cnc1N. The molecule has 0 atom stereocenters. The molecule has 0 amide bonds. The predicted octanol–water partition coefficient (Wildman–Crippen LogP) is 4.99. The molecular formula is C25H23F3N6O. The zero-order valence-corrected chi connectivity index (χ0v) is 19.0. The number of nitrogens with zero attached hydrogens (tertiary/aromatic N) is 5. The third-order valence-corrected chi connectivity index (χ3v) is 6.57. The number of nitrogens with two attached hydrogens (primary N) is 1. The van der Waals surface area contributed by atoms with Crippen LogP contribution in [0.25, 0.3) is 16.9 Å². The van der Waals surface area contributed by atoms with Crippen LogP contribution in [-0.4, -0.2) is 24.5 Å². The number of pyridine rings is 1. The summed E-state index contributed by atoms with van der Waals surface area (Å²) in [7, 11) is 0. The van der Waals surface area contributed by atoms with Gasteiger partial charge in [-0.25, -0.2) is 22.8 Å². The maximum Gasteiger partial charge on any atom is 0.282 e. The van der Waals surface area contributed by atoms with Crippen molar-refractivity contribution in [2.24, 2.45) is 5.92 Å². The minimum absolute atomic E-state index is 0.0427. The van der Waals surface area contributed by atoms with Gasteiger partial charge >= 0.3 is 0 Å². The third kappa shape index (κ3) is 3.92. The average molecular weight is 480 g/mol. The highest BCUT2D eigenvalue weighted by Gasteiger charge is 2.28. The molecule has 2 N–H and O–H groups in total. The number of aryl methyl sites for hydroxylation is 1. The van der Waals surface area contributed by atoms with Crippen LogP contribution in [-0.2, 0) is 19.6 Å². The summed E-state index contributed by atoms with van der Waals surface area (Å²) in [5, 5.41) is 8.99. The van der Waals surface area contributed by atoms with Crippen molar-refractivity contribution in [3.05, 3.63) is 70.6 Å². The van der Waals surface area contributed by atoms with E-state index in [2.05, 4.69) is 10.1 Å². The Bertz CT molecular complexity index is 1440. The Hall–Kier alpha value is -3.82. The lowest BCUT2D eigenvalue weighted by molar-refractivity contribution is 0.145. The van der Waals surface area contributed by atoms with E-state index in [1.807, 2.05) is 17.7 Å². The monoisotopic (exact) mass is 480 g/mol. The fourth-order valence-corrected chi connectivity index (χ4v) is 4.63.